The number of piperazine rings is 1. The number of likely N-dealkylation sites (N-methyl/N-ethyl adjacent to an activating group) is 1. The van der Waals surface area contributed by atoms with E-state index < -0.39 is 5.97 Å². The van der Waals surface area contributed by atoms with E-state index in [0.29, 0.717) is 23.9 Å². The third-order valence-corrected chi connectivity index (χ3v) is 3.91. The van der Waals surface area contributed by atoms with Gasteiger partial charge >= 0.3 is 5.97 Å². The minimum absolute atomic E-state index is 0.0287. The predicted molar refractivity (Wildman–Crippen MR) is 63.7 cm³/mol. The highest BCUT2D eigenvalue weighted by Crippen LogP contribution is 2.26. The summed E-state index contributed by atoms with van der Waals surface area (Å²) in [5, 5.41) is 9.56. The van der Waals surface area contributed by atoms with Crippen LogP contribution in [-0.4, -0.2) is 53.5 Å². The molecule has 1 aliphatic heterocycles. The molecule has 1 amide bonds. The van der Waals surface area contributed by atoms with E-state index >= 15 is 0 Å². The van der Waals surface area contributed by atoms with Gasteiger partial charge in [-0.1, -0.05) is 11.3 Å². The van der Waals surface area contributed by atoms with E-state index in [0.717, 1.165) is 11.3 Å². The van der Waals surface area contributed by atoms with Crippen molar-refractivity contribution < 1.29 is 14.7 Å². The molecule has 7 heteroatoms. The molecule has 2 heterocycles. The number of carbonyl (C=O) groups excluding carboxylic acids is 1. The summed E-state index contributed by atoms with van der Waals surface area (Å²) in [4.78, 5) is 30.4. The molecule has 17 heavy (non-hydrogen) atoms. The predicted octanol–water partition coefficient (Wildman–Crippen LogP) is 0.428. The maximum Gasteiger partial charge on any atom is 0.347 e. The van der Waals surface area contributed by atoms with E-state index in [9.17, 15) is 9.59 Å². The number of carbonyl (C=O) groups is 2. The van der Waals surface area contributed by atoms with Gasteiger partial charge in [0.25, 0.3) is 0 Å². The number of aryl methyl sites for hydroxylation is 1. The molecule has 0 atom stereocenters. The van der Waals surface area contributed by atoms with Crippen LogP contribution in [0.1, 0.15) is 15.4 Å². The molecule has 0 saturated carbocycles. The first-order valence-corrected chi connectivity index (χ1v) is 6.00. The summed E-state index contributed by atoms with van der Waals surface area (Å²) in [6.07, 6.45) is 0. The summed E-state index contributed by atoms with van der Waals surface area (Å²) < 4.78 is 0. The van der Waals surface area contributed by atoms with E-state index in [1.807, 2.05) is 4.90 Å². The fourth-order valence-corrected chi connectivity index (χ4v) is 2.57. The number of hydrogen-bond donors (Lipinski definition) is 1. The Kier molecular flexibility index (Phi) is 3.01. The van der Waals surface area contributed by atoms with Gasteiger partial charge in [-0.3, -0.25) is 4.79 Å². The van der Waals surface area contributed by atoms with Gasteiger partial charge in [-0.05, 0) is 6.92 Å². The van der Waals surface area contributed by atoms with Crippen LogP contribution < -0.4 is 4.90 Å². The van der Waals surface area contributed by atoms with Crippen LogP contribution in [0.15, 0.2) is 0 Å². The van der Waals surface area contributed by atoms with Crippen LogP contribution in [0.2, 0.25) is 0 Å². The molecule has 1 fully saturated rings. The van der Waals surface area contributed by atoms with Crippen LogP contribution in [0, 0.1) is 6.92 Å². The Labute approximate surface area is 102 Å². The van der Waals surface area contributed by atoms with Crippen LogP contribution in [0.4, 0.5) is 5.13 Å². The molecule has 0 bridgehead atoms. The zero-order chi connectivity index (χ0) is 12.6. The second-order valence-electron chi connectivity index (χ2n) is 3.95. The van der Waals surface area contributed by atoms with Crippen LogP contribution in [0.5, 0.6) is 0 Å². The Hall–Kier alpha value is -1.63. The van der Waals surface area contributed by atoms with Crippen molar-refractivity contribution in [2.45, 2.75) is 6.92 Å². The average molecular weight is 255 g/mol. The van der Waals surface area contributed by atoms with Crippen molar-refractivity contribution in [2.24, 2.45) is 0 Å². The number of thiazole rings is 1. The Bertz CT molecular complexity index is 471. The zero-order valence-corrected chi connectivity index (χ0v) is 10.5. The topological polar surface area (TPSA) is 73.7 Å². The van der Waals surface area contributed by atoms with Gasteiger partial charge in [-0.2, -0.15) is 0 Å². The Balaban J connectivity index is 2.21. The molecule has 1 aliphatic rings. The molecule has 0 unspecified atom stereocenters. The molecule has 1 aromatic rings. The average Bonchev–Trinajstić information content (AvgIpc) is 2.64. The fraction of sp³-hybridized carbons (Fsp3) is 0.500. The van der Waals surface area contributed by atoms with Crippen molar-refractivity contribution in [1.82, 2.24) is 9.88 Å². The van der Waals surface area contributed by atoms with Gasteiger partial charge in [0.15, 0.2) is 5.13 Å². The second kappa shape index (κ2) is 4.33. The summed E-state index contributed by atoms with van der Waals surface area (Å²) in [6.45, 7) is 3.26. The smallest absolute Gasteiger partial charge is 0.347 e. The third-order valence-electron chi connectivity index (χ3n) is 2.71. The number of amides is 1. The molecule has 1 saturated heterocycles. The molecular formula is C10H13N3O3S. The molecule has 1 aromatic heterocycles. The molecule has 92 valence electrons. The van der Waals surface area contributed by atoms with Crippen molar-refractivity contribution in [3.8, 4) is 0 Å². The first kappa shape index (κ1) is 11.8. The summed E-state index contributed by atoms with van der Waals surface area (Å²) in [6, 6.07) is 0. The number of aromatic carboxylic acids is 1. The Morgan fingerprint density at radius 3 is 2.71 bits per heavy atom. The van der Waals surface area contributed by atoms with Crippen LogP contribution in [0.3, 0.4) is 0 Å². The van der Waals surface area contributed by atoms with Crippen LogP contribution in [0.25, 0.3) is 0 Å². The van der Waals surface area contributed by atoms with E-state index in [2.05, 4.69) is 4.98 Å². The van der Waals surface area contributed by atoms with Crippen molar-refractivity contribution in [3.05, 3.63) is 10.6 Å². The largest absolute Gasteiger partial charge is 0.477 e. The zero-order valence-electron chi connectivity index (χ0n) is 9.63. The van der Waals surface area contributed by atoms with Gasteiger partial charge in [0, 0.05) is 20.1 Å². The molecule has 0 aromatic carbocycles. The Morgan fingerprint density at radius 1 is 1.47 bits per heavy atom. The highest BCUT2D eigenvalue weighted by molar-refractivity contribution is 7.17. The summed E-state index contributed by atoms with van der Waals surface area (Å²) in [5.41, 5.74) is 0.504. The fourth-order valence-electron chi connectivity index (χ4n) is 1.64. The standard InChI is InChI=1S/C10H13N3O3S/c1-6-8(9(15)16)17-10(11-6)13-4-3-12(2)7(14)5-13/h3-5H2,1-2H3,(H,15,16). The summed E-state index contributed by atoms with van der Waals surface area (Å²) in [5.74, 6) is -0.937. The van der Waals surface area contributed by atoms with Crippen molar-refractivity contribution in [3.63, 3.8) is 0 Å². The van der Waals surface area contributed by atoms with Crippen LogP contribution in [-0.2, 0) is 4.79 Å². The lowest BCUT2D eigenvalue weighted by molar-refractivity contribution is -0.129. The summed E-state index contributed by atoms with van der Waals surface area (Å²) >= 11 is 1.12. The number of hydrogen-bond acceptors (Lipinski definition) is 5. The number of carboxylic acids is 1. The van der Waals surface area contributed by atoms with E-state index in [4.69, 9.17) is 5.11 Å². The number of anilines is 1. The van der Waals surface area contributed by atoms with Crippen molar-refractivity contribution >= 4 is 28.3 Å². The number of carboxylic acid groups (broad SMARTS) is 1. The Morgan fingerprint density at radius 2 is 2.18 bits per heavy atom. The van der Waals surface area contributed by atoms with Gasteiger partial charge in [-0.15, -0.1) is 0 Å². The van der Waals surface area contributed by atoms with Gasteiger partial charge in [0.05, 0.1) is 12.2 Å². The minimum Gasteiger partial charge on any atom is -0.477 e. The minimum atomic E-state index is -0.966. The second-order valence-corrected chi connectivity index (χ2v) is 4.93. The molecular weight excluding hydrogens is 242 g/mol. The van der Waals surface area contributed by atoms with E-state index in [1.54, 1.807) is 18.9 Å². The van der Waals surface area contributed by atoms with Gasteiger partial charge in [-0.25, -0.2) is 9.78 Å². The number of rotatable bonds is 2. The first-order chi connectivity index (χ1) is 7.99. The van der Waals surface area contributed by atoms with Gasteiger partial charge < -0.3 is 14.9 Å². The van der Waals surface area contributed by atoms with Crippen LogP contribution >= 0.6 is 11.3 Å². The maximum absolute atomic E-state index is 11.5. The lowest BCUT2D eigenvalue weighted by atomic mass is 10.3. The van der Waals surface area contributed by atoms with Gasteiger partial charge in [0.1, 0.15) is 4.88 Å². The van der Waals surface area contributed by atoms with E-state index in [1.165, 1.54) is 0 Å². The molecule has 1 N–H and O–H groups in total. The lowest BCUT2D eigenvalue weighted by Crippen LogP contribution is -2.48. The monoisotopic (exact) mass is 255 g/mol. The maximum atomic E-state index is 11.5. The molecule has 0 radical (unpaired) electrons. The lowest BCUT2D eigenvalue weighted by Gasteiger charge is -2.31. The van der Waals surface area contributed by atoms with Crippen molar-refractivity contribution in [2.75, 3.05) is 31.6 Å². The first-order valence-electron chi connectivity index (χ1n) is 5.18. The van der Waals surface area contributed by atoms with E-state index in [-0.39, 0.29) is 17.3 Å². The molecule has 0 aliphatic carbocycles. The number of aromatic nitrogens is 1. The summed E-state index contributed by atoms with van der Waals surface area (Å²) in [7, 11) is 1.76. The quantitative estimate of drug-likeness (QED) is 0.829. The molecule has 6 nitrogen and oxygen atoms in total. The molecule has 2 rings (SSSR count). The third kappa shape index (κ3) is 2.23. The normalized spacial score (nSPS) is 16.5. The van der Waals surface area contributed by atoms with Crippen molar-refractivity contribution in [1.29, 1.82) is 0 Å². The SMILES string of the molecule is Cc1nc(N2CCN(C)C(=O)C2)sc1C(=O)O. The highest BCUT2D eigenvalue weighted by atomic mass is 32.1. The highest BCUT2D eigenvalue weighted by Gasteiger charge is 2.25. The number of nitrogens with zero attached hydrogens (tertiary/aromatic N) is 3. The molecule has 0 spiro atoms. The van der Waals surface area contributed by atoms with Gasteiger partial charge in [0.2, 0.25) is 5.91 Å².